The van der Waals surface area contributed by atoms with E-state index in [0.29, 0.717) is 11.5 Å². The molecular weight excluding hydrogens is 236 g/mol. The van der Waals surface area contributed by atoms with E-state index in [-0.39, 0.29) is 12.4 Å². The molecule has 0 saturated heterocycles. The van der Waals surface area contributed by atoms with Gasteiger partial charge in [0.15, 0.2) is 0 Å². The van der Waals surface area contributed by atoms with Gasteiger partial charge in [-0.1, -0.05) is 0 Å². The Hall–Kier alpha value is -2.43. The van der Waals surface area contributed by atoms with Crippen molar-refractivity contribution in [2.24, 2.45) is 0 Å². The molecule has 18 heavy (non-hydrogen) atoms. The van der Waals surface area contributed by atoms with Crippen molar-refractivity contribution in [3.63, 3.8) is 0 Å². The zero-order valence-corrected chi connectivity index (χ0v) is 9.71. The first-order valence-electron chi connectivity index (χ1n) is 5.26. The SMILES string of the molecule is COc1ccc(OCc2ccc(C(=O)[O-])o2)cc1. The minimum Gasteiger partial charge on any atom is -0.542 e. The molecule has 2 rings (SSSR count). The van der Waals surface area contributed by atoms with Crippen molar-refractivity contribution < 1.29 is 23.8 Å². The van der Waals surface area contributed by atoms with Gasteiger partial charge in [0.1, 0.15) is 35.6 Å². The number of carbonyl (C=O) groups is 1. The standard InChI is InChI=1S/C13H12O5/c1-16-9-2-4-10(5-3-9)17-8-11-6-7-12(18-11)13(14)15/h2-7H,8H2,1H3,(H,14,15)/p-1. The first-order chi connectivity index (χ1) is 8.69. The molecule has 2 aromatic rings. The summed E-state index contributed by atoms with van der Waals surface area (Å²) >= 11 is 0. The van der Waals surface area contributed by atoms with E-state index in [1.54, 1.807) is 31.4 Å². The predicted octanol–water partition coefficient (Wildman–Crippen LogP) is 1.23. The van der Waals surface area contributed by atoms with Crippen LogP contribution in [0.1, 0.15) is 16.3 Å². The maximum Gasteiger partial charge on any atom is 0.149 e. The van der Waals surface area contributed by atoms with E-state index in [1.807, 2.05) is 0 Å². The third-order valence-electron chi connectivity index (χ3n) is 2.30. The second kappa shape index (κ2) is 5.27. The summed E-state index contributed by atoms with van der Waals surface area (Å²) in [6.07, 6.45) is 0. The first-order valence-corrected chi connectivity index (χ1v) is 5.26. The van der Waals surface area contributed by atoms with Crippen LogP contribution in [0.3, 0.4) is 0 Å². The Labute approximate surface area is 104 Å². The number of rotatable bonds is 5. The van der Waals surface area contributed by atoms with E-state index in [4.69, 9.17) is 13.9 Å². The van der Waals surface area contributed by atoms with Gasteiger partial charge in [-0.15, -0.1) is 0 Å². The molecule has 0 atom stereocenters. The Morgan fingerprint density at radius 2 is 1.83 bits per heavy atom. The van der Waals surface area contributed by atoms with Gasteiger partial charge in [-0.3, -0.25) is 0 Å². The lowest BCUT2D eigenvalue weighted by molar-refractivity contribution is -0.257. The van der Waals surface area contributed by atoms with Crippen molar-refractivity contribution in [2.75, 3.05) is 7.11 Å². The lowest BCUT2D eigenvalue weighted by Gasteiger charge is -2.05. The normalized spacial score (nSPS) is 10.1. The van der Waals surface area contributed by atoms with E-state index in [9.17, 15) is 9.90 Å². The highest BCUT2D eigenvalue weighted by atomic mass is 16.5. The fourth-order valence-electron chi connectivity index (χ4n) is 1.39. The lowest BCUT2D eigenvalue weighted by Crippen LogP contribution is -2.21. The number of hydrogen-bond donors (Lipinski definition) is 0. The molecule has 0 fully saturated rings. The Kier molecular flexibility index (Phi) is 3.52. The zero-order chi connectivity index (χ0) is 13.0. The van der Waals surface area contributed by atoms with Crippen molar-refractivity contribution in [3.8, 4) is 11.5 Å². The molecule has 0 spiro atoms. The summed E-state index contributed by atoms with van der Waals surface area (Å²) in [6, 6.07) is 9.91. The van der Waals surface area contributed by atoms with Crippen molar-refractivity contribution in [3.05, 3.63) is 47.9 Å². The predicted molar refractivity (Wildman–Crippen MR) is 60.4 cm³/mol. The minimum absolute atomic E-state index is 0.152. The van der Waals surface area contributed by atoms with Crippen LogP contribution in [0.5, 0.6) is 11.5 Å². The second-order valence-corrected chi connectivity index (χ2v) is 3.52. The van der Waals surface area contributed by atoms with Gasteiger partial charge in [0, 0.05) is 0 Å². The van der Waals surface area contributed by atoms with Crippen molar-refractivity contribution in [1.82, 2.24) is 0 Å². The topological polar surface area (TPSA) is 71.7 Å². The number of methoxy groups -OCH3 is 1. The van der Waals surface area contributed by atoms with Crippen LogP contribution in [-0.4, -0.2) is 13.1 Å². The highest BCUT2D eigenvalue weighted by Crippen LogP contribution is 2.18. The van der Waals surface area contributed by atoms with Crippen LogP contribution < -0.4 is 14.6 Å². The molecule has 0 aliphatic rings. The average molecular weight is 247 g/mol. The average Bonchev–Trinajstić information content (AvgIpc) is 2.86. The molecule has 0 radical (unpaired) electrons. The van der Waals surface area contributed by atoms with Crippen molar-refractivity contribution in [1.29, 1.82) is 0 Å². The Morgan fingerprint density at radius 3 is 2.39 bits per heavy atom. The molecule has 1 aromatic heterocycles. The smallest absolute Gasteiger partial charge is 0.149 e. The molecule has 0 aliphatic heterocycles. The fraction of sp³-hybridized carbons (Fsp3) is 0.154. The summed E-state index contributed by atoms with van der Waals surface area (Å²) in [5.41, 5.74) is 0. The number of carboxylic acid groups (broad SMARTS) is 1. The number of furan rings is 1. The molecule has 0 amide bonds. The Balaban J connectivity index is 1.95. The molecule has 0 N–H and O–H groups in total. The number of carbonyl (C=O) groups excluding carboxylic acids is 1. The number of ether oxygens (including phenoxy) is 2. The largest absolute Gasteiger partial charge is 0.542 e. The highest BCUT2D eigenvalue weighted by molar-refractivity contribution is 5.82. The summed E-state index contributed by atoms with van der Waals surface area (Å²) in [7, 11) is 1.58. The molecule has 94 valence electrons. The van der Waals surface area contributed by atoms with Crippen LogP contribution in [0.15, 0.2) is 40.8 Å². The number of benzene rings is 1. The molecule has 5 heteroatoms. The van der Waals surface area contributed by atoms with Crippen LogP contribution in [0.2, 0.25) is 0 Å². The van der Waals surface area contributed by atoms with Crippen LogP contribution in [0.4, 0.5) is 0 Å². The first kappa shape index (κ1) is 12.0. The molecular formula is C13H11O5-. The van der Waals surface area contributed by atoms with E-state index < -0.39 is 5.97 Å². The summed E-state index contributed by atoms with van der Waals surface area (Å²) in [5.74, 6) is 0.251. The third kappa shape index (κ3) is 2.82. The summed E-state index contributed by atoms with van der Waals surface area (Å²) in [4.78, 5) is 10.5. The van der Waals surface area contributed by atoms with E-state index >= 15 is 0 Å². The fourth-order valence-corrected chi connectivity index (χ4v) is 1.39. The Bertz CT molecular complexity index is 527. The van der Waals surface area contributed by atoms with Crippen LogP contribution in [0, 0.1) is 0 Å². The van der Waals surface area contributed by atoms with Crippen molar-refractivity contribution in [2.45, 2.75) is 6.61 Å². The molecule has 0 aliphatic carbocycles. The summed E-state index contributed by atoms with van der Waals surface area (Å²) in [5, 5.41) is 10.5. The van der Waals surface area contributed by atoms with Crippen LogP contribution in [-0.2, 0) is 6.61 Å². The minimum atomic E-state index is -1.34. The van der Waals surface area contributed by atoms with Gasteiger partial charge in [-0.05, 0) is 36.4 Å². The summed E-state index contributed by atoms with van der Waals surface area (Å²) in [6.45, 7) is 0.152. The monoisotopic (exact) mass is 247 g/mol. The van der Waals surface area contributed by atoms with Crippen LogP contribution >= 0.6 is 0 Å². The van der Waals surface area contributed by atoms with Crippen LogP contribution in [0.25, 0.3) is 0 Å². The third-order valence-corrected chi connectivity index (χ3v) is 2.30. The lowest BCUT2D eigenvalue weighted by atomic mass is 10.3. The molecule has 1 heterocycles. The zero-order valence-electron chi connectivity index (χ0n) is 9.71. The molecule has 5 nitrogen and oxygen atoms in total. The van der Waals surface area contributed by atoms with Gasteiger partial charge in [0.25, 0.3) is 0 Å². The van der Waals surface area contributed by atoms with Gasteiger partial charge >= 0.3 is 0 Å². The van der Waals surface area contributed by atoms with E-state index in [0.717, 1.165) is 5.75 Å². The maximum atomic E-state index is 10.5. The quantitative estimate of drug-likeness (QED) is 0.794. The van der Waals surface area contributed by atoms with Gasteiger partial charge in [0.2, 0.25) is 0 Å². The van der Waals surface area contributed by atoms with E-state index in [2.05, 4.69) is 0 Å². The Morgan fingerprint density at radius 1 is 1.17 bits per heavy atom. The summed E-state index contributed by atoms with van der Waals surface area (Å²) < 4.78 is 15.4. The second-order valence-electron chi connectivity index (χ2n) is 3.52. The number of hydrogen-bond acceptors (Lipinski definition) is 5. The van der Waals surface area contributed by atoms with Gasteiger partial charge in [0.05, 0.1) is 7.11 Å². The molecule has 1 aromatic carbocycles. The number of carboxylic acids is 1. The highest BCUT2D eigenvalue weighted by Gasteiger charge is 2.03. The molecule has 0 unspecified atom stereocenters. The molecule has 0 saturated carbocycles. The van der Waals surface area contributed by atoms with Gasteiger partial charge in [-0.2, -0.15) is 0 Å². The maximum absolute atomic E-state index is 10.5. The molecule has 0 bridgehead atoms. The van der Waals surface area contributed by atoms with Crippen molar-refractivity contribution >= 4 is 5.97 Å². The van der Waals surface area contributed by atoms with E-state index in [1.165, 1.54) is 12.1 Å². The number of aromatic carboxylic acids is 1. The van der Waals surface area contributed by atoms with Gasteiger partial charge < -0.3 is 23.8 Å². The van der Waals surface area contributed by atoms with Gasteiger partial charge in [-0.25, -0.2) is 0 Å².